The standard InChI is InChI=1S/C36H47ClF3N5O5/c1-3-24(25-12-18-49-19-13-25)8-14-43(2)33(46)31(22-23-20-28(36(38,39)40)32(41)29(37)21-23)50-35(48)44-15-10-27(11-16-44)45-17-9-26-6-4-5-7-30(26)42-34(45)47/h4-7,20-21,24-25,27,31H,3,8-19,22,41H2,1-2H3,(H,42,47)/t24?,31-/m1/s1. The Morgan fingerprint density at radius 3 is 2.50 bits per heavy atom. The molecule has 0 aromatic heterocycles. The van der Waals surface area contributed by atoms with Gasteiger partial charge in [-0.05, 0) is 79.7 Å². The number of ether oxygens (including phenoxy) is 2. The third-order valence-electron chi connectivity index (χ3n) is 10.4. The lowest BCUT2D eigenvalue weighted by Crippen LogP contribution is -2.51. The van der Waals surface area contributed by atoms with E-state index in [1.165, 1.54) is 15.9 Å². The van der Waals surface area contributed by atoms with Crippen molar-refractivity contribution < 1.29 is 37.0 Å². The first-order valence-electron chi connectivity index (χ1n) is 17.4. The van der Waals surface area contributed by atoms with Crippen molar-refractivity contribution in [2.45, 2.75) is 76.6 Å². The number of carbonyl (C=O) groups excluding carboxylic acids is 3. The smallest absolute Gasteiger partial charge is 0.418 e. The highest BCUT2D eigenvalue weighted by atomic mass is 35.5. The summed E-state index contributed by atoms with van der Waals surface area (Å²) in [6, 6.07) is 9.51. The largest absolute Gasteiger partial charge is 0.436 e. The van der Waals surface area contributed by atoms with E-state index in [1.54, 1.807) is 11.9 Å². The molecule has 0 aliphatic carbocycles. The first-order chi connectivity index (χ1) is 23.8. The number of nitrogen functional groups attached to an aromatic ring is 1. The highest BCUT2D eigenvalue weighted by Gasteiger charge is 2.37. The second kappa shape index (κ2) is 16.5. The molecule has 274 valence electrons. The summed E-state index contributed by atoms with van der Waals surface area (Å²) in [6.45, 7) is 5.06. The minimum absolute atomic E-state index is 0.0663. The number of nitrogens with two attached hydrogens (primary N) is 1. The Labute approximate surface area is 296 Å². The summed E-state index contributed by atoms with van der Waals surface area (Å²) < 4.78 is 52.7. The van der Waals surface area contributed by atoms with Gasteiger partial charge in [-0.15, -0.1) is 0 Å². The van der Waals surface area contributed by atoms with Gasteiger partial charge in [-0.3, -0.25) is 4.79 Å². The molecule has 3 heterocycles. The maximum atomic E-state index is 13.9. The lowest BCUT2D eigenvalue weighted by Gasteiger charge is -2.38. The Kier molecular flexibility index (Phi) is 12.4. The minimum Gasteiger partial charge on any atom is -0.436 e. The molecular formula is C36H47ClF3N5O5. The minimum atomic E-state index is -4.77. The molecule has 2 aromatic rings. The lowest BCUT2D eigenvalue weighted by molar-refractivity contribution is -0.139. The quantitative estimate of drug-likeness (QED) is 0.260. The number of likely N-dealkylation sites (tertiary alicyclic amines) is 1. The average Bonchev–Trinajstić information content (AvgIpc) is 3.27. The van der Waals surface area contributed by atoms with Crippen LogP contribution in [-0.4, -0.2) is 91.3 Å². The molecule has 5 rings (SSSR count). The van der Waals surface area contributed by atoms with Gasteiger partial charge in [0.1, 0.15) is 0 Å². The van der Waals surface area contributed by atoms with E-state index in [-0.39, 0.29) is 42.2 Å². The van der Waals surface area contributed by atoms with Gasteiger partial charge in [0.05, 0.1) is 16.3 Å². The van der Waals surface area contributed by atoms with Gasteiger partial charge in [0.2, 0.25) is 0 Å². The van der Waals surface area contributed by atoms with E-state index in [2.05, 4.69) is 12.2 Å². The van der Waals surface area contributed by atoms with Crippen molar-refractivity contribution in [2.24, 2.45) is 11.8 Å². The zero-order chi connectivity index (χ0) is 36.0. The van der Waals surface area contributed by atoms with Gasteiger partial charge >= 0.3 is 18.3 Å². The summed E-state index contributed by atoms with van der Waals surface area (Å²) in [5.41, 5.74) is 5.84. The fourth-order valence-electron chi connectivity index (χ4n) is 7.39. The van der Waals surface area contributed by atoms with Crippen LogP contribution in [0.4, 0.5) is 34.1 Å². The van der Waals surface area contributed by atoms with Crippen molar-refractivity contribution in [1.82, 2.24) is 14.7 Å². The van der Waals surface area contributed by atoms with Gasteiger partial charge in [0, 0.05) is 64.6 Å². The number of halogens is 4. The molecule has 0 spiro atoms. The summed E-state index contributed by atoms with van der Waals surface area (Å²) in [5.74, 6) is 0.349. The Hall–Kier alpha value is -3.71. The van der Waals surface area contributed by atoms with Crippen molar-refractivity contribution in [3.05, 3.63) is 58.1 Å². The SMILES string of the molecule is CCC(CCN(C)C(=O)[C@@H](Cc1cc(Cl)c(N)c(C(F)(F)F)c1)OC(=O)N1CCC(N2CCc3ccccc3NC2=O)CC1)C1CCOCC1. The molecule has 4 amide bonds. The summed E-state index contributed by atoms with van der Waals surface area (Å²) in [7, 11) is 1.62. The number of urea groups is 1. The first-order valence-corrected chi connectivity index (χ1v) is 17.8. The number of benzene rings is 2. The molecule has 50 heavy (non-hydrogen) atoms. The number of rotatable bonds is 10. The number of nitrogens with zero attached hydrogens (tertiary/aromatic N) is 3. The van der Waals surface area contributed by atoms with E-state index in [9.17, 15) is 27.6 Å². The fourth-order valence-corrected chi connectivity index (χ4v) is 7.63. The van der Waals surface area contributed by atoms with Crippen LogP contribution in [0.15, 0.2) is 36.4 Å². The van der Waals surface area contributed by atoms with Crippen LogP contribution in [0.1, 0.15) is 62.1 Å². The van der Waals surface area contributed by atoms with Crippen LogP contribution in [0, 0.1) is 11.8 Å². The monoisotopic (exact) mass is 721 g/mol. The van der Waals surface area contributed by atoms with E-state index in [1.807, 2.05) is 24.3 Å². The van der Waals surface area contributed by atoms with Crippen LogP contribution >= 0.6 is 11.6 Å². The molecule has 1 unspecified atom stereocenters. The number of hydrogen-bond donors (Lipinski definition) is 2. The molecule has 0 bridgehead atoms. The van der Waals surface area contributed by atoms with Crippen molar-refractivity contribution in [2.75, 3.05) is 57.5 Å². The molecule has 14 heteroatoms. The zero-order valence-electron chi connectivity index (χ0n) is 28.6. The molecule has 3 N–H and O–H groups in total. The Bertz CT molecular complexity index is 1510. The number of anilines is 2. The van der Waals surface area contributed by atoms with E-state index in [0.717, 1.165) is 56.2 Å². The summed E-state index contributed by atoms with van der Waals surface area (Å²) >= 11 is 6.10. The number of piperidine rings is 1. The number of para-hydroxylation sites is 1. The molecule has 2 aromatic carbocycles. The Balaban J connectivity index is 1.26. The van der Waals surface area contributed by atoms with E-state index < -0.39 is 35.5 Å². The summed E-state index contributed by atoms with van der Waals surface area (Å²) in [4.78, 5) is 45.3. The molecule has 3 aliphatic rings. The number of hydrogen-bond acceptors (Lipinski definition) is 6. The maximum absolute atomic E-state index is 13.9. The zero-order valence-corrected chi connectivity index (χ0v) is 29.4. The van der Waals surface area contributed by atoms with Crippen molar-refractivity contribution in [3.8, 4) is 0 Å². The van der Waals surface area contributed by atoms with Gasteiger partial charge in [-0.25, -0.2) is 9.59 Å². The molecule has 0 saturated carbocycles. The fraction of sp³-hybridized carbons (Fsp3) is 0.583. The number of nitrogens with one attached hydrogen (secondary N) is 1. The third-order valence-corrected chi connectivity index (χ3v) is 10.7. The number of likely N-dealkylation sites (N-methyl/N-ethyl adjacent to an activating group) is 1. The van der Waals surface area contributed by atoms with Crippen LogP contribution in [0.5, 0.6) is 0 Å². The van der Waals surface area contributed by atoms with Crippen LogP contribution in [0.25, 0.3) is 0 Å². The summed E-state index contributed by atoms with van der Waals surface area (Å²) in [5, 5.41) is 2.68. The summed E-state index contributed by atoms with van der Waals surface area (Å²) in [6.07, 6.45) is -1.92. The van der Waals surface area contributed by atoms with Gasteiger partial charge in [-0.1, -0.05) is 43.1 Å². The highest BCUT2D eigenvalue weighted by Crippen LogP contribution is 2.38. The first kappa shape index (κ1) is 37.5. The van der Waals surface area contributed by atoms with Crippen molar-refractivity contribution >= 4 is 41.0 Å². The predicted octanol–water partition coefficient (Wildman–Crippen LogP) is 6.84. The van der Waals surface area contributed by atoms with E-state index in [0.29, 0.717) is 44.2 Å². The number of carbonyl (C=O) groups is 3. The van der Waals surface area contributed by atoms with Gasteiger partial charge in [-0.2, -0.15) is 13.2 Å². The lowest BCUT2D eigenvalue weighted by atomic mass is 9.82. The predicted molar refractivity (Wildman–Crippen MR) is 185 cm³/mol. The maximum Gasteiger partial charge on any atom is 0.418 e. The van der Waals surface area contributed by atoms with Crippen molar-refractivity contribution in [3.63, 3.8) is 0 Å². The van der Waals surface area contributed by atoms with Crippen LogP contribution in [0.2, 0.25) is 5.02 Å². The van der Waals surface area contributed by atoms with Crippen LogP contribution < -0.4 is 11.1 Å². The third kappa shape index (κ3) is 9.14. The van der Waals surface area contributed by atoms with Crippen molar-refractivity contribution in [1.29, 1.82) is 0 Å². The molecule has 2 fully saturated rings. The van der Waals surface area contributed by atoms with Crippen LogP contribution in [-0.2, 0) is 33.3 Å². The van der Waals surface area contributed by atoms with Gasteiger partial charge in [0.25, 0.3) is 5.91 Å². The normalized spacial score (nSPS) is 18.9. The topological polar surface area (TPSA) is 117 Å². The van der Waals surface area contributed by atoms with Gasteiger partial charge in [0.15, 0.2) is 6.10 Å². The number of amides is 4. The molecular weight excluding hydrogens is 675 g/mol. The average molecular weight is 722 g/mol. The van der Waals surface area contributed by atoms with E-state index in [4.69, 9.17) is 26.8 Å². The second-order valence-corrected chi connectivity index (χ2v) is 13.9. The molecule has 0 radical (unpaired) electrons. The number of fused-ring (bicyclic) bond motifs is 1. The Morgan fingerprint density at radius 2 is 1.82 bits per heavy atom. The second-order valence-electron chi connectivity index (χ2n) is 13.5. The molecule has 2 saturated heterocycles. The van der Waals surface area contributed by atoms with E-state index >= 15 is 0 Å². The molecule has 2 atom stereocenters. The van der Waals surface area contributed by atoms with Gasteiger partial charge < -0.3 is 35.2 Å². The Morgan fingerprint density at radius 1 is 1.12 bits per heavy atom. The van der Waals surface area contributed by atoms with Crippen LogP contribution in [0.3, 0.4) is 0 Å². The molecule has 10 nitrogen and oxygen atoms in total. The molecule has 3 aliphatic heterocycles. The highest BCUT2D eigenvalue weighted by molar-refractivity contribution is 6.33. The number of alkyl halides is 3.